The minimum Gasteiger partial charge on any atom is -0.343 e. The number of carbonyl (C=O) groups is 2. The normalized spacial score (nSPS) is 20.4. The molecule has 6 nitrogen and oxygen atoms in total. The zero-order valence-electron chi connectivity index (χ0n) is 14.1. The highest BCUT2D eigenvalue weighted by Gasteiger charge is 2.19. The number of nitrogens with two attached hydrogens (primary N) is 2. The van der Waals surface area contributed by atoms with Crippen molar-refractivity contribution in [3.63, 3.8) is 0 Å². The summed E-state index contributed by atoms with van der Waals surface area (Å²) < 4.78 is 0. The fourth-order valence-corrected chi connectivity index (χ4v) is 2.97. The first-order valence-corrected chi connectivity index (χ1v) is 8.39. The zero-order valence-corrected chi connectivity index (χ0v) is 14.1. The van der Waals surface area contributed by atoms with E-state index in [1.807, 2.05) is 9.80 Å². The second kappa shape index (κ2) is 9.79. The highest BCUT2D eigenvalue weighted by molar-refractivity contribution is 5.73. The van der Waals surface area contributed by atoms with Crippen LogP contribution in [0.25, 0.3) is 0 Å². The smallest absolute Gasteiger partial charge is 0.219 e. The maximum absolute atomic E-state index is 10.9. The van der Waals surface area contributed by atoms with Gasteiger partial charge >= 0.3 is 0 Å². The third-order valence-electron chi connectivity index (χ3n) is 4.79. The van der Waals surface area contributed by atoms with Gasteiger partial charge in [-0.3, -0.25) is 9.59 Å². The number of hydrogen-bond acceptors (Lipinski definition) is 4. The second-order valence-corrected chi connectivity index (χ2v) is 6.37. The van der Waals surface area contributed by atoms with Gasteiger partial charge in [0.25, 0.3) is 0 Å². The van der Waals surface area contributed by atoms with Gasteiger partial charge in [0.05, 0.1) is 0 Å². The monoisotopic (exact) mass is 312 g/mol. The van der Waals surface area contributed by atoms with Crippen LogP contribution in [-0.2, 0) is 9.59 Å². The highest BCUT2D eigenvalue weighted by atomic mass is 16.2. The predicted octanol–water partition coefficient (Wildman–Crippen LogP) is 0.407. The van der Waals surface area contributed by atoms with Crippen LogP contribution in [0.4, 0.5) is 0 Å². The van der Waals surface area contributed by atoms with E-state index in [1.165, 1.54) is 0 Å². The molecule has 0 atom stereocenters. The van der Waals surface area contributed by atoms with Gasteiger partial charge in [0.15, 0.2) is 0 Å². The molecule has 0 aromatic rings. The van der Waals surface area contributed by atoms with Gasteiger partial charge in [-0.05, 0) is 50.6 Å². The van der Waals surface area contributed by atoms with Crippen LogP contribution < -0.4 is 11.5 Å². The van der Waals surface area contributed by atoms with Crippen molar-refractivity contribution >= 4 is 11.8 Å². The first-order valence-electron chi connectivity index (χ1n) is 8.39. The van der Waals surface area contributed by atoms with Crippen LogP contribution in [0.3, 0.4) is 0 Å². The standard InChI is InChI=1S/2C8H16N2O/c2*1-7(11)10-4-2-8(6-9)3-5-10/h2*8H,2-6,9H2,1H3. The molecule has 0 spiro atoms. The van der Waals surface area contributed by atoms with E-state index in [0.29, 0.717) is 11.8 Å². The van der Waals surface area contributed by atoms with Gasteiger partial charge in [-0.25, -0.2) is 0 Å². The van der Waals surface area contributed by atoms with E-state index < -0.39 is 0 Å². The molecule has 22 heavy (non-hydrogen) atoms. The number of nitrogens with zero attached hydrogens (tertiary/aromatic N) is 2. The lowest BCUT2D eigenvalue weighted by molar-refractivity contribution is -0.131. The van der Waals surface area contributed by atoms with Crippen LogP contribution in [0, 0.1) is 11.8 Å². The van der Waals surface area contributed by atoms with Gasteiger partial charge in [0.1, 0.15) is 0 Å². The van der Waals surface area contributed by atoms with Crippen molar-refractivity contribution in [2.24, 2.45) is 23.3 Å². The topological polar surface area (TPSA) is 92.7 Å². The molecule has 128 valence electrons. The molecule has 2 fully saturated rings. The third kappa shape index (κ3) is 6.32. The molecule has 2 aliphatic rings. The average Bonchev–Trinajstić information content (AvgIpc) is 2.55. The molecule has 0 bridgehead atoms. The molecule has 0 unspecified atom stereocenters. The van der Waals surface area contributed by atoms with Crippen molar-refractivity contribution in [3.8, 4) is 0 Å². The number of likely N-dealkylation sites (tertiary alicyclic amines) is 2. The van der Waals surface area contributed by atoms with Crippen LogP contribution in [0.5, 0.6) is 0 Å². The van der Waals surface area contributed by atoms with E-state index in [2.05, 4.69) is 0 Å². The Balaban J connectivity index is 0.000000220. The summed E-state index contributed by atoms with van der Waals surface area (Å²) >= 11 is 0. The van der Waals surface area contributed by atoms with Gasteiger partial charge < -0.3 is 21.3 Å². The van der Waals surface area contributed by atoms with Gasteiger partial charge in [-0.15, -0.1) is 0 Å². The maximum atomic E-state index is 10.9. The average molecular weight is 312 g/mol. The number of carbonyl (C=O) groups excluding carboxylic acids is 2. The van der Waals surface area contributed by atoms with Crippen molar-refractivity contribution in [2.45, 2.75) is 39.5 Å². The fraction of sp³-hybridized carbons (Fsp3) is 0.875. The minimum absolute atomic E-state index is 0.195. The molecular weight excluding hydrogens is 280 g/mol. The summed E-state index contributed by atoms with van der Waals surface area (Å²) in [6.07, 6.45) is 4.32. The molecule has 0 radical (unpaired) electrons. The van der Waals surface area contributed by atoms with E-state index in [-0.39, 0.29) is 11.8 Å². The van der Waals surface area contributed by atoms with E-state index in [1.54, 1.807) is 13.8 Å². The summed E-state index contributed by atoms with van der Waals surface area (Å²) in [5, 5.41) is 0. The van der Waals surface area contributed by atoms with Gasteiger partial charge in [-0.2, -0.15) is 0 Å². The van der Waals surface area contributed by atoms with Crippen molar-refractivity contribution in [3.05, 3.63) is 0 Å². The summed E-state index contributed by atoms with van der Waals surface area (Å²) in [4.78, 5) is 25.6. The lowest BCUT2D eigenvalue weighted by Crippen LogP contribution is -2.38. The second-order valence-electron chi connectivity index (χ2n) is 6.37. The van der Waals surface area contributed by atoms with Crippen molar-refractivity contribution in [1.29, 1.82) is 0 Å². The molecular formula is C16H32N4O2. The molecule has 2 amide bonds. The van der Waals surface area contributed by atoms with Crippen LogP contribution in [0.15, 0.2) is 0 Å². The van der Waals surface area contributed by atoms with Gasteiger partial charge in [0.2, 0.25) is 11.8 Å². The first kappa shape index (κ1) is 18.9. The van der Waals surface area contributed by atoms with Crippen molar-refractivity contribution in [1.82, 2.24) is 9.80 Å². The fourth-order valence-electron chi connectivity index (χ4n) is 2.97. The Kier molecular flexibility index (Phi) is 8.42. The summed E-state index contributed by atoms with van der Waals surface area (Å²) in [5.74, 6) is 1.68. The van der Waals surface area contributed by atoms with Crippen LogP contribution >= 0.6 is 0 Å². The highest BCUT2D eigenvalue weighted by Crippen LogP contribution is 2.16. The number of amides is 2. The number of piperidine rings is 2. The SMILES string of the molecule is CC(=O)N1CCC(CN)CC1.CC(=O)N1CCC(CN)CC1. The zero-order chi connectivity index (χ0) is 16.5. The van der Waals surface area contributed by atoms with Crippen LogP contribution in [0.1, 0.15) is 39.5 Å². The number of rotatable bonds is 2. The Bertz CT molecular complexity index is 312. The van der Waals surface area contributed by atoms with E-state index in [0.717, 1.165) is 65.0 Å². The summed E-state index contributed by atoms with van der Waals surface area (Å²) in [5.41, 5.74) is 11.0. The third-order valence-corrected chi connectivity index (χ3v) is 4.79. The van der Waals surface area contributed by atoms with E-state index in [9.17, 15) is 9.59 Å². The molecule has 0 aromatic carbocycles. The molecule has 2 rings (SSSR count). The Morgan fingerprint density at radius 3 is 1.23 bits per heavy atom. The van der Waals surface area contributed by atoms with E-state index >= 15 is 0 Å². The molecule has 0 aliphatic carbocycles. The molecule has 0 saturated carbocycles. The molecule has 2 heterocycles. The van der Waals surface area contributed by atoms with Crippen LogP contribution in [-0.4, -0.2) is 60.9 Å². The molecule has 2 aliphatic heterocycles. The molecule has 0 aromatic heterocycles. The van der Waals surface area contributed by atoms with E-state index in [4.69, 9.17) is 11.5 Å². The predicted molar refractivity (Wildman–Crippen MR) is 88.1 cm³/mol. The molecule has 4 N–H and O–H groups in total. The Labute approximate surface area is 134 Å². The minimum atomic E-state index is 0.195. The Hall–Kier alpha value is -1.14. The quantitative estimate of drug-likeness (QED) is 0.772. The largest absolute Gasteiger partial charge is 0.343 e. The maximum Gasteiger partial charge on any atom is 0.219 e. The lowest BCUT2D eigenvalue weighted by Gasteiger charge is -2.30. The van der Waals surface area contributed by atoms with Crippen molar-refractivity contribution < 1.29 is 9.59 Å². The Morgan fingerprint density at radius 2 is 1.05 bits per heavy atom. The van der Waals surface area contributed by atoms with Gasteiger partial charge in [0, 0.05) is 40.0 Å². The first-order chi connectivity index (χ1) is 10.5. The van der Waals surface area contributed by atoms with Crippen LogP contribution in [0.2, 0.25) is 0 Å². The summed E-state index contributed by atoms with van der Waals surface area (Å²) in [7, 11) is 0. The number of hydrogen-bond donors (Lipinski definition) is 2. The molecule has 6 heteroatoms. The lowest BCUT2D eigenvalue weighted by atomic mass is 9.97. The van der Waals surface area contributed by atoms with Gasteiger partial charge in [-0.1, -0.05) is 0 Å². The van der Waals surface area contributed by atoms with Crippen molar-refractivity contribution in [2.75, 3.05) is 39.3 Å². The Morgan fingerprint density at radius 1 is 0.773 bits per heavy atom. The summed E-state index contributed by atoms with van der Waals surface area (Å²) in [6.45, 7) is 8.39. The molecule has 2 saturated heterocycles. The summed E-state index contributed by atoms with van der Waals surface area (Å²) in [6, 6.07) is 0.